The van der Waals surface area contributed by atoms with Gasteiger partial charge in [0, 0.05) is 35.3 Å². The molecule has 1 saturated heterocycles. The third-order valence-corrected chi connectivity index (χ3v) is 6.56. The van der Waals surface area contributed by atoms with Crippen LogP contribution in [0.5, 0.6) is 11.6 Å². The number of aromatic nitrogens is 3. The lowest BCUT2D eigenvalue weighted by molar-refractivity contribution is -0.135. The van der Waals surface area contributed by atoms with E-state index in [-0.39, 0.29) is 41.2 Å². The van der Waals surface area contributed by atoms with Gasteiger partial charge in [0.05, 0.1) is 39.4 Å². The van der Waals surface area contributed by atoms with Crippen LogP contribution in [-0.4, -0.2) is 63.7 Å². The highest BCUT2D eigenvalue weighted by molar-refractivity contribution is 6.43. The molecule has 0 aromatic carbocycles. The molecule has 1 aliphatic carbocycles. The Bertz CT molecular complexity index is 1200. The molecule has 1 saturated carbocycles. The number of methoxy groups -OCH3 is 2. The first kappa shape index (κ1) is 25.0. The number of piperidine rings is 1. The van der Waals surface area contributed by atoms with Crippen molar-refractivity contribution < 1.29 is 23.5 Å². The first-order valence-corrected chi connectivity index (χ1v) is 11.5. The highest BCUT2D eigenvalue weighted by Crippen LogP contribution is 2.50. The number of nitrogens with zero attached hydrogens (tertiary/aromatic N) is 4. The fraction of sp³-hybridized carbons (Fsp3) is 0.417. The smallest absolute Gasteiger partial charge is 0.272 e. The second kappa shape index (κ2) is 10.3. The summed E-state index contributed by atoms with van der Waals surface area (Å²) in [4.78, 5) is 39.6. The molecule has 4 N–H and O–H groups in total. The van der Waals surface area contributed by atoms with Crippen molar-refractivity contribution in [1.29, 1.82) is 5.41 Å². The lowest BCUT2D eigenvalue weighted by Crippen LogP contribution is -2.52. The average molecular weight is 498 g/mol. The molecule has 1 spiro atoms. The molecule has 2 aliphatic rings. The fourth-order valence-corrected chi connectivity index (χ4v) is 4.39. The minimum atomic E-state index is -0.685. The van der Waals surface area contributed by atoms with Gasteiger partial charge in [-0.1, -0.05) is 0 Å². The van der Waals surface area contributed by atoms with E-state index in [1.54, 1.807) is 4.90 Å². The van der Waals surface area contributed by atoms with Crippen molar-refractivity contribution in [2.45, 2.75) is 37.8 Å². The van der Waals surface area contributed by atoms with Gasteiger partial charge >= 0.3 is 0 Å². The molecule has 0 radical (unpaired) electrons. The van der Waals surface area contributed by atoms with Gasteiger partial charge in [-0.3, -0.25) is 15.0 Å². The summed E-state index contributed by atoms with van der Waals surface area (Å²) >= 11 is 0. The molecule has 3 heterocycles. The normalized spacial score (nSPS) is 18.5. The van der Waals surface area contributed by atoms with Gasteiger partial charge in [0.15, 0.2) is 11.6 Å². The van der Waals surface area contributed by atoms with Crippen molar-refractivity contribution in [2.24, 2.45) is 11.7 Å². The first-order valence-electron chi connectivity index (χ1n) is 11.5. The molecule has 2 amide bonds. The maximum atomic E-state index is 14.2. The molecule has 2 fully saturated rings. The van der Waals surface area contributed by atoms with E-state index < -0.39 is 17.3 Å². The molecule has 11 nitrogen and oxygen atoms in total. The van der Waals surface area contributed by atoms with Crippen LogP contribution in [0.2, 0.25) is 0 Å². The number of nitrogens with two attached hydrogens (primary N) is 1. The van der Waals surface area contributed by atoms with Crippen LogP contribution in [0, 0.1) is 17.1 Å². The number of hydrogen-bond donors (Lipinski definition) is 3. The zero-order chi connectivity index (χ0) is 25.9. The predicted octanol–water partition coefficient (Wildman–Crippen LogP) is 1.43. The van der Waals surface area contributed by atoms with E-state index in [2.05, 4.69) is 20.3 Å². The van der Waals surface area contributed by atoms with Crippen LogP contribution in [0.1, 0.15) is 37.1 Å². The highest BCUT2D eigenvalue weighted by atomic mass is 19.1. The maximum Gasteiger partial charge on any atom is 0.272 e. The van der Waals surface area contributed by atoms with Crippen molar-refractivity contribution in [2.75, 3.05) is 20.8 Å². The van der Waals surface area contributed by atoms with Crippen LogP contribution in [0.4, 0.5) is 4.39 Å². The molecule has 36 heavy (non-hydrogen) atoms. The summed E-state index contributed by atoms with van der Waals surface area (Å²) < 4.78 is 24.2. The zero-order valence-corrected chi connectivity index (χ0v) is 20.1. The van der Waals surface area contributed by atoms with Crippen molar-refractivity contribution in [3.63, 3.8) is 0 Å². The topological polar surface area (TPSA) is 156 Å². The molecule has 1 atom stereocenters. The van der Waals surface area contributed by atoms with Crippen LogP contribution in [-0.2, 0) is 16.1 Å². The number of pyridine rings is 1. The third kappa shape index (κ3) is 5.26. The Morgan fingerprint density at radius 1 is 1.25 bits per heavy atom. The quantitative estimate of drug-likeness (QED) is 0.463. The Balaban J connectivity index is 1.37. The summed E-state index contributed by atoms with van der Waals surface area (Å²) in [6, 6.07) is 1.31. The Morgan fingerprint density at radius 3 is 2.61 bits per heavy atom. The summed E-state index contributed by atoms with van der Waals surface area (Å²) in [5, 5.41) is 11.2. The lowest BCUT2D eigenvalue weighted by atomic mass is 9.87. The second-order valence-electron chi connectivity index (χ2n) is 8.85. The number of ether oxygens (including phenoxy) is 2. The van der Waals surface area contributed by atoms with Crippen molar-refractivity contribution in [3.8, 4) is 11.6 Å². The number of likely N-dealkylation sites (tertiary alicyclic amines) is 1. The van der Waals surface area contributed by atoms with E-state index in [9.17, 15) is 14.0 Å². The number of hydrogen-bond acceptors (Lipinski definition) is 9. The molecule has 2 aromatic rings. The second-order valence-corrected chi connectivity index (χ2v) is 8.85. The number of halogens is 1. The summed E-state index contributed by atoms with van der Waals surface area (Å²) in [5.41, 5.74) is 5.10. The Hall–Kier alpha value is -4.09. The minimum absolute atomic E-state index is 0.00301. The van der Waals surface area contributed by atoms with Crippen LogP contribution in [0.25, 0.3) is 5.70 Å². The molecule has 2 aromatic heterocycles. The average Bonchev–Trinajstić information content (AvgIpc) is 3.66. The van der Waals surface area contributed by atoms with Gasteiger partial charge in [0.2, 0.25) is 11.8 Å². The van der Waals surface area contributed by atoms with Gasteiger partial charge < -0.3 is 25.4 Å². The van der Waals surface area contributed by atoms with Crippen LogP contribution >= 0.6 is 0 Å². The van der Waals surface area contributed by atoms with Gasteiger partial charge in [0.25, 0.3) is 5.91 Å². The molecular weight excluding hydrogens is 469 g/mol. The Morgan fingerprint density at radius 2 is 1.97 bits per heavy atom. The number of carbonyl (C=O) groups excluding carboxylic acids is 2. The van der Waals surface area contributed by atoms with E-state index in [1.165, 1.54) is 32.7 Å². The molecule has 12 heteroatoms. The zero-order valence-electron chi connectivity index (χ0n) is 20.1. The van der Waals surface area contributed by atoms with Crippen molar-refractivity contribution in [3.05, 3.63) is 47.9 Å². The van der Waals surface area contributed by atoms with Crippen LogP contribution < -0.4 is 20.5 Å². The number of nitrogens with one attached hydrogen (secondary N) is 2. The van der Waals surface area contributed by atoms with E-state index >= 15 is 0 Å². The van der Waals surface area contributed by atoms with Crippen molar-refractivity contribution >= 4 is 23.2 Å². The molecule has 1 aliphatic heterocycles. The minimum Gasteiger partial charge on any atom is -0.494 e. The predicted molar refractivity (Wildman–Crippen MR) is 127 cm³/mol. The molecule has 0 bridgehead atoms. The van der Waals surface area contributed by atoms with Crippen molar-refractivity contribution in [1.82, 2.24) is 25.2 Å². The van der Waals surface area contributed by atoms with E-state index in [0.29, 0.717) is 31.0 Å². The molecule has 190 valence electrons. The molecule has 0 unspecified atom stereocenters. The molecular formula is C24H28FN7O4. The lowest BCUT2D eigenvalue weighted by Gasteiger charge is -2.39. The fourth-order valence-electron chi connectivity index (χ4n) is 4.39. The van der Waals surface area contributed by atoms with Gasteiger partial charge in [-0.05, 0) is 31.8 Å². The number of amides is 2. The Kier molecular flexibility index (Phi) is 7.13. The third-order valence-electron chi connectivity index (χ3n) is 6.56. The van der Waals surface area contributed by atoms with Gasteiger partial charge in [-0.2, -0.15) is 0 Å². The highest BCUT2D eigenvalue weighted by Gasteiger charge is 2.54. The summed E-state index contributed by atoms with van der Waals surface area (Å²) in [6.07, 6.45) is 7.67. The maximum absolute atomic E-state index is 14.2. The van der Waals surface area contributed by atoms with Gasteiger partial charge in [-0.15, -0.1) is 0 Å². The monoisotopic (exact) mass is 497 g/mol. The first-order chi connectivity index (χ1) is 17.3. The van der Waals surface area contributed by atoms with E-state index in [0.717, 1.165) is 25.1 Å². The summed E-state index contributed by atoms with van der Waals surface area (Å²) in [7, 11) is 2.91. The van der Waals surface area contributed by atoms with Crippen LogP contribution in [0.15, 0.2) is 30.7 Å². The number of carbonyl (C=O) groups is 2. The van der Waals surface area contributed by atoms with E-state index in [1.807, 2.05) is 0 Å². The van der Waals surface area contributed by atoms with E-state index in [4.69, 9.17) is 20.6 Å². The standard InChI is InChI=1S/C24H28FN7O4/c1-35-15-10-28-20(29-11-15)13-31-22(33)14-3-6-32(24(9-14)4-5-24)23(34)19(27)8-18(26)16-7-21(36-2)30-12-17(16)25/h7-8,10-12,14,27H,3-6,9,13,26H2,1-2H3,(H,31,33)/b18-8-,27-19?/t14-/m0/s1. The summed E-state index contributed by atoms with van der Waals surface area (Å²) in [6.45, 7) is 0.531. The molecule has 4 rings (SSSR count). The summed E-state index contributed by atoms with van der Waals surface area (Å²) in [5.74, 6) is -0.393. The largest absolute Gasteiger partial charge is 0.494 e. The van der Waals surface area contributed by atoms with Crippen LogP contribution in [0.3, 0.4) is 0 Å². The Labute approximate surface area is 207 Å². The van der Waals surface area contributed by atoms with Gasteiger partial charge in [-0.25, -0.2) is 19.3 Å². The SMILES string of the molecule is COc1cnc(CNC(=O)[C@H]2CCN(C(=O)C(=N)/C=C(\N)c3cc(OC)ncc3F)C3(CC3)C2)nc1. The van der Waals surface area contributed by atoms with Gasteiger partial charge in [0.1, 0.15) is 11.5 Å². The number of rotatable bonds is 8.